The van der Waals surface area contributed by atoms with Gasteiger partial charge in [-0.05, 0) is 43.3 Å². The number of piperazine rings is 1. The van der Waals surface area contributed by atoms with Gasteiger partial charge >= 0.3 is 0 Å². The predicted octanol–water partition coefficient (Wildman–Crippen LogP) is 2.55. The van der Waals surface area contributed by atoms with Crippen molar-refractivity contribution in [1.29, 1.82) is 0 Å². The third-order valence-corrected chi connectivity index (χ3v) is 4.64. The number of para-hydroxylation sites is 2. The first-order chi connectivity index (χ1) is 12.1. The summed E-state index contributed by atoms with van der Waals surface area (Å²) in [7, 11) is 1.71. The molecular weight excluding hydrogens is 314 g/mol. The van der Waals surface area contributed by atoms with Crippen molar-refractivity contribution in [3.8, 4) is 5.75 Å². The first kappa shape index (κ1) is 17.3. The van der Waals surface area contributed by atoms with Crippen LogP contribution >= 0.6 is 0 Å². The maximum atomic E-state index is 11.9. The van der Waals surface area contributed by atoms with Crippen LogP contribution in [0.3, 0.4) is 0 Å². The minimum atomic E-state index is -0.463. The molecule has 0 bridgehead atoms. The van der Waals surface area contributed by atoms with Gasteiger partial charge in [0.05, 0.1) is 18.8 Å². The third-order valence-electron chi connectivity index (χ3n) is 4.64. The van der Waals surface area contributed by atoms with Gasteiger partial charge in [0.15, 0.2) is 5.78 Å². The molecule has 1 aliphatic rings. The molecule has 1 fully saturated rings. The molecule has 25 heavy (non-hydrogen) atoms. The number of ether oxygens (including phenoxy) is 1. The number of ketones is 1. The normalized spacial score (nSPS) is 15.8. The maximum Gasteiger partial charge on any atom is 0.179 e. The smallest absolute Gasteiger partial charge is 0.179 e. The molecule has 1 heterocycles. The van der Waals surface area contributed by atoms with E-state index in [2.05, 4.69) is 15.9 Å². The first-order valence-electron chi connectivity index (χ1n) is 8.63. The van der Waals surface area contributed by atoms with E-state index in [0.717, 1.165) is 43.3 Å². The highest BCUT2D eigenvalue weighted by Gasteiger charge is 2.20. The lowest BCUT2D eigenvalue weighted by atomic mass is 10.1. The number of benzene rings is 2. The van der Waals surface area contributed by atoms with Crippen LogP contribution in [0.1, 0.15) is 17.3 Å². The monoisotopic (exact) mass is 339 g/mol. The van der Waals surface area contributed by atoms with Gasteiger partial charge in [0.2, 0.25) is 0 Å². The third kappa shape index (κ3) is 3.77. The molecule has 1 saturated heterocycles. The van der Waals surface area contributed by atoms with E-state index in [1.54, 1.807) is 14.0 Å². The highest BCUT2D eigenvalue weighted by atomic mass is 16.5. The van der Waals surface area contributed by atoms with Crippen LogP contribution in [0.5, 0.6) is 5.75 Å². The van der Waals surface area contributed by atoms with Crippen molar-refractivity contribution in [2.45, 2.75) is 13.0 Å². The molecule has 0 saturated carbocycles. The Labute approximate surface area is 149 Å². The Hall–Kier alpha value is -2.53. The van der Waals surface area contributed by atoms with Crippen molar-refractivity contribution < 1.29 is 9.53 Å². The van der Waals surface area contributed by atoms with E-state index in [9.17, 15) is 4.79 Å². The fourth-order valence-electron chi connectivity index (χ4n) is 3.20. The van der Waals surface area contributed by atoms with Crippen LogP contribution < -0.4 is 20.3 Å². The standard InChI is InChI=1S/C20H25N3O2/c1-15(21)20(24)16-7-9-17(10-8-16)22-11-13-23(14-12-22)18-5-3-4-6-19(18)25-2/h3-10,15H,11-14,21H2,1-2H3. The molecule has 5 heteroatoms. The summed E-state index contributed by atoms with van der Waals surface area (Å²) in [4.78, 5) is 16.6. The topological polar surface area (TPSA) is 58.8 Å². The molecule has 5 nitrogen and oxygen atoms in total. The summed E-state index contributed by atoms with van der Waals surface area (Å²) in [5, 5.41) is 0. The van der Waals surface area contributed by atoms with E-state index in [-0.39, 0.29) is 5.78 Å². The molecule has 0 radical (unpaired) electrons. The Morgan fingerprint density at radius 1 is 1.00 bits per heavy atom. The number of rotatable bonds is 5. The molecule has 2 aromatic rings. The van der Waals surface area contributed by atoms with Gasteiger partial charge in [-0.15, -0.1) is 0 Å². The molecule has 0 aromatic heterocycles. The number of carbonyl (C=O) groups is 1. The van der Waals surface area contributed by atoms with Crippen molar-refractivity contribution >= 4 is 17.2 Å². The Balaban J connectivity index is 1.65. The van der Waals surface area contributed by atoms with Gasteiger partial charge in [-0.1, -0.05) is 12.1 Å². The van der Waals surface area contributed by atoms with Crippen LogP contribution in [-0.4, -0.2) is 45.1 Å². The summed E-state index contributed by atoms with van der Waals surface area (Å²) >= 11 is 0. The first-order valence-corrected chi connectivity index (χ1v) is 8.63. The molecule has 0 spiro atoms. The van der Waals surface area contributed by atoms with Gasteiger partial charge in [-0.25, -0.2) is 0 Å². The second-order valence-electron chi connectivity index (χ2n) is 6.35. The summed E-state index contributed by atoms with van der Waals surface area (Å²) in [5.41, 5.74) is 8.62. The Bertz CT molecular complexity index is 720. The van der Waals surface area contributed by atoms with Crippen molar-refractivity contribution in [2.75, 3.05) is 43.1 Å². The minimum absolute atomic E-state index is 0.0208. The van der Waals surface area contributed by atoms with E-state index >= 15 is 0 Å². The van der Waals surface area contributed by atoms with Gasteiger partial charge < -0.3 is 20.3 Å². The lowest BCUT2D eigenvalue weighted by molar-refractivity contribution is 0.0968. The molecule has 2 N–H and O–H groups in total. The molecule has 1 unspecified atom stereocenters. The zero-order chi connectivity index (χ0) is 17.8. The van der Waals surface area contributed by atoms with Gasteiger partial charge in [0.1, 0.15) is 5.75 Å². The van der Waals surface area contributed by atoms with Crippen LogP contribution in [0.4, 0.5) is 11.4 Å². The molecule has 132 valence electrons. The van der Waals surface area contributed by atoms with Gasteiger partial charge in [0, 0.05) is 37.4 Å². The summed E-state index contributed by atoms with van der Waals surface area (Å²) in [6, 6.07) is 15.4. The second-order valence-corrected chi connectivity index (χ2v) is 6.35. The van der Waals surface area contributed by atoms with E-state index in [4.69, 9.17) is 10.5 Å². The average molecular weight is 339 g/mol. The quantitative estimate of drug-likeness (QED) is 0.849. The Morgan fingerprint density at radius 3 is 2.20 bits per heavy atom. The Kier molecular flexibility index (Phi) is 5.24. The van der Waals surface area contributed by atoms with E-state index in [1.165, 1.54) is 0 Å². The zero-order valence-electron chi connectivity index (χ0n) is 14.8. The highest BCUT2D eigenvalue weighted by molar-refractivity contribution is 5.99. The van der Waals surface area contributed by atoms with Crippen molar-refractivity contribution in [1.82, 2.24) is 0 Å². The highest BCUT2D eigenvalue weighted by Crippen LogP contribution is 2.29. The summed E-state index contributed by atoms with van der Waals surface area (Å²) in [6.45, 7) is 5.44. The van der Waals surface area contributed by atoms with E-state index in [0.29, 0.717) is 5.56 Å². The fourth-order valence-corrected chi connectivity index (χ4v) is 3.20. The number of methoxy groups -OCH3 is 1. The minimum Gasteiger partial charge on any atom is -0.495 e. The number of hydrogen-bond donors (Lipinski definition) is 1. The van der Waals surface area contributed by atoms with Crippen molar-refractivity contribution in [2.24, 2.45) is 5.73 Å². The number of anilines is 2. The fraction of sp³-hybridized carbons (Fsp3) is 0.350. The predicted molar refractivity (Wildman–Crippen MR) is 102 cm³/mol. The molecule has 0 amide bonds. The van der Waals surface area contributed by atoms with E-state index in [1.807, 2.05) is 42.5 Å². The number of carbonyl (C=O) groups excluding carboxylic acids is 1. The zero-order valence-corrected chi connectivity index (χ0v) is 14.8. The molecule has 1 atom stereocenters. The van der Waals surface area contributed by atoms with E-state index < -0.39 is 6.04 Å². The largest absolute Gasteiger partial charge is 0.495 e. The molecule has 1 aliphatic heterocycles. The summed E-state index contributed by atoms with van der Waals surface area (Å²) in [5.74, 6) is 0.891. The van der Waals surface area contributed by atoms with Gasteiger partial charge in [0.25, 0.3) is 0 Å². The van der Waals surface area contributed by atoms with Gasteiger partial charge in [-0.3, -0.25) is 4.79 Å². The molecular formula is C20H25N3O2. The van der Waals surface area contributed by atoms with Crippen molar-refractivity contribution in [3.63, 3.8) is 0 Å². The van der Waals surface area contributed by atoms with Crippen LogP contribution in [0.2, 0.25) is 0 Å². The number of nitrogens with zero attached hydrogens (tertiary/aromatic N) is 2. The lowest BCUT2D eigenvalue weighted by Gasteiger charge is -2.37. The van der Waals surface area contributed by atoms with Crippen LogP contribution in [0.25, 0.3) is 0 Å². The molecule has 3 rings (SSSR count). The lowest BCUT2D eigenvalue weighted by Crippen LogP contribution is -2.46. The van der Waals surface area contributed by atoms with Crippen molar-refractivity contribution in [3.05, 3.63) is 54.1 Å². The average Bonchev–Trinajstić information content (AvgIpc) is 2.67. The second kappa shape index (κ2) is 7.57. The van der Waals surface area contributed by atoms with Crippen LogP contribution in [0.15, 0.2) is 48.5 Å². The van der Waals surface area contributed by atoms with Gasteiger partial charge in [-0.2, -0.15) is 0 Å². The van der Waals surface area contributed by atoms with Crippen LogP contribution in [0, 0.1) is 0 Å². The number of nitrogens with two attached hydrogens (primary N) is 1. The summed E-state index contributed by atoms with van der Waals surface area (Å²) in [6.07, 6.45) is 0. The van der Waals surface area contributed by atoms with Crippen LogP contribution in [-0.2, 0) is 0 Å². The molecule has 0 aliphatic carbocycles. The Morgan fingerprint density at radius 2 is 1.60 bits per heavy atom. The molecule has 2 aromatic carbocycles. The maximum absolute atomic E-state index is 11.9. The SMILES string of the molecule is COc1ccccc1N1CCN(c2ccc(C(=O)C(C)N)cc2)CC1. The number of Topliss-reactive ketones (excluding diaryl/α,β-unsaturated/α-hetero) is 1. The summed E-state index contributed by atoms with van der Waals surface area (Å²) < 4.78 is 5.47. The number of hydrogen-bond acceptors (Lipinski definition) is 5.